The number of carbonyl (C=O) groups is 1. The Bertz CT molecular complexity index is 1210. The average Bonchev–Trinajstić information content (AvgIpc) is 3.12. The average molecular weight is 416 g/mol. The molecule has 0 atom stereocenters. The number of hydrogen-bond donors (Lipinski definition) is 0. The lowest BCUT2D eigenvalue weighted by molar-refractivity contribution is 0.103. The van der Waals surface area contributed by atoms with Crippen molar-refractivity contribution in [1.82, 2.24) is 0 Å². The Kier molecular flexibility index (Phi) is 4.58. The second kappa shape index (κ2) is 6.97. The van der Waals surface area contributed by atoms with E-state index in [1.165, 1.54) is 18.2 Å². The minimum Gasteiger partial charge on any atom is -0.454 e. The Labute approximate surface area is 165 Å². The van der Waals surface area contributed by atoms with Crippen LogP contribution in [0.25, 0.3) is 11.1 Å². The van der Waals surface area contributed by atoms with Crippen LogP contribution >= 0.6 is 0 Å². The van der Waals surface area contributed by atoms with Crippen molar-refractivity contribution in [1.29, 1.82) is 0 Å². The van der Waals surface area contributed by atoms with Crippen LogP contribution in [0, 0.1) is 11.6 Å². The van der Waals surface area contributed by atoms with Gasteiger partial charge in [0.1, 0.15) is 11.6 Å². The molecule has 0 unspecified atom stereocenters. The van der Waals surface area contributed by atoms with E-state index in [-0.39, 0.29) is 22.8 Å². The summed E-state index contributed by atoms with van der Waals surface area (Å²) in [7, 11) is -3.39. The molecule has 0 spiro atoms. The molecule has 0 amide bonds. The molecular formula is C21H14F2O5S. The standard InChI is InChI=1S/C21H14F2O5S/c1-29(25,26)16-4-2-12(3-5-16)17-9-19-20(28-11-27-19)10-18(17)21(24)13-6-14(22)8-15(23)7-13/h2-10H,11H2,1H3. The first-order valence-electron chi connectivity index (χ1n) is 8.47. The van der Waals surface area contributed by atoms with E-state index < -0.39 is 27.3 Å². The highest BCUT2D eigenvalue weighted by molar-refractivity contribution is 7.90. The number of hydrogen-bond acceptors (Lipinski definition) is 5. The molecule has 3 aromatic rings. The van der Waals surface area contributed by atoms with Crippen molar-refractivity contribution >= 4 is 15.6 Å². The van der Waals surface area contributed by atoms with Crippen LogP contribution in [-0.2, 0) is 9.84 Å². The number of carbonyl (C=O) groups excluding carboxylic acids is 1. The molecule has 0 fully saturated rings. The van der Waals surface area contributed by atoms with Crippen LogP contribution in [0.2, 0.25) is 0 Å². The molecule has 4 rings (SSSR count). The molecule has 8 heteroatoms. The van der Waals surface area contributed by atoms with E-state index in [4.69, 9.17) is 9.47 Å². The number of halogens is 2. The third-order valence-electron chi connectivity index (χ3n) is 4.48. The topological polar surface area (TPSA) is 69.7 Å². The van der Waals surface area contributed by atoms with Gasteiger partial charge in [0.15, 0.2) is 27.1 Å². The van der Waals surface area contributed by atoms with Crippen molar-refractivity contribution in [3.05, 3.63) is 77.4 Å². The lowest BCUT2D eigenvalue weighted by Gasteiger charge is -2.12. The maximum absolute atomic E-state index is 13.6. The zero-order valence-electron chi connectivity index (χ0n) is 15.1. The second-order valence-corrected chi connectivity index (χ2v) is 8.55. The maximum atomic E-state index is 13.6. The molecule has 1 aliphatic heterocycles. The number of benzene rings is 3. The summed E-state index contributed by atoms with van der Waals surface area (Å²) in [6.45, 7) is -0.0198. The third kappa shape index (κ3) is 3.71. The van der Waals surface area contributed by atoms with E-state index in [1.54, 1.807) is 18.2 Å². The monoisotopic (exact) mass is 416 g/mol. The van der Waals surface area contributed by atoms with Gasteiger partial charge in [-0.25, -0.2) is 17.2 Å². The van der Waals surface area contributed by atoms with Crippen LogP contribution in [0.5, 0.6) is 11.5 Å². The van der Waals surface area contributed by atoms with E-state index in [1.807, 2.05) is 0 Å². The van der Waals surface area contributed by atoms with Gasteiger partial charge in [0.25, 0.3) is 0 Å². The Morgan fingerprint density at radius 2 is 1.48 bits per heavy atom. The molecule has 5 nitrogen and oxygen atoms in total. The summed E-state index contributed by atoms with van der Waals surface area (Å²) >= 11 is 0. The number of ether oxygens (including phenoxy) is 2. The summed E-state index contributed by atoms with van der Waals surface area (Å²) in [5.41, 5.74) is 0.946. The normalized spacial score (nSPS) is 12.8. The van der Waals surface area contributed by atoms with Crippen molar-refractivity contribution in [3.63, 3.8) is 0 Å². The highest BCUT2D eigenvalue weighted by atomic mass is 32.2. The van der Waals surface area contributed by atoms with Gasteiger partial charge in [-0.1, -0.05) is 12.1 Å². The summed E-state index contributed by atoms with van der Waals surface area (Å²) in [5.74, 6) is -1.60. The summed E-state index contributed by atoms with van der Waals surface area (Å²) < 4.78 is 61.3. The molecule has 29 heavy (non-hydrogen) atoms. The summed E-state index contributed by atoms with van der Waals surface area (Å²) in [4.78, 5) is 13.2. The van der Waals surface area contributed by atoms with Crippen LogP contribution in [-0.4, -0.2) is 27.2 Å². The maximum Gasteiger partial charge on any atom is 0.231 e. The zero-order valence-corrected chi connectivity index (χ0v) is 15.9. The number of sulfone groups is 1. The van der Waals surface area contributed by atoms with Gasteiger partial charge in [0.2, 0.25) is 6.79 Å². The fourth-order valence-corrected chi connectivity index (χ4v) is 3.72. The van der Waals surface area contributed by atoms with E-state index in [0.29, 0.717) is 28.7 Å². The van der Waals surface area contributed by atoms with Gasteiger partial charge < -0.3 is 9.47 Å². The minimum absolute atomic E-state index is 0.0198. The number of fused-ring (bicyclic) bond motifs is 1. The second-order valence-electron chi connectivity index (χ2n) is 6.53. The molecule has 0 bridgehead atoms. The van der Waals surface area contributed by atoms with E-state index >= 15 is 0 Å². The van der Waals surface area contributed by atoms with Crippen LogP contribution < -0.4 is 9.47 Å². The number of ketones is 1. The molecule has 0 saturated heterocycles. The van der Waals surface area contributed by atoms with Crippen LogP contribution in [0.4, 0.5) is 8.78 Å². The van der Waals surface area contributed by atoms with Gasteiger partial charge in [0.05, 0.1) is 4.90 Å². The largest absolute Gasteiger partial charge is 0.454 e. The first-order chi connectivity index (χ1) is 13.7. The minimum atomic E-state index is -3.39. The lowest BCUT2D eigenvalue weighted by Crippen LogP contribution is -2.05. The first-order valence-corrected chi connectivity index (χ1v) is 10.4. The van der Waals surface area contributed by atoms with Gasteiger partial charge >= 0.3 is 0 Å². The van der Waals surface area contributed by atoms with Crippen molar-refractivity contribution in [2.24, 2.45) is 0 Å². The van der Waals surface area contributed by atoms with Gasteiger partial charge in [-0.05, 0) is 47.5 Å². The molecule has 0 N–H and O–H groups in total. The molecule has 1 aliphatic rings. The molecule has 3 aromatic carbocycles. The molecule has 1 heterocycles. The molecule has 0 aromatic heterocycles. The first kappa shape index (κ1) is 19.1. The fraction of sp³-hybridized carbons (Fsp3) is 0.0952. The molecule has 0 saturated carbocycles. The SMILES string of the molecule is CS(=O)(=O)c1ccc(-c2cc3c(cc2C(=O)c2cc(F)cc(F)c2)OCO3)cc1. The smallest absolute Gasteiger partial charge is 0.231 e. The van der Waals surface area contributed by atoms with Gasteiger partial charge in [-0.15, -0.1) is 0 Å². The van der Waals surface area contributed by atoms with Crippen molar-refractivity contribution in [3.8, 4) is 22.6 Å². The predicted octanol–water partition coefficient (Wildman–Crippen LogP) is 4.00. The van der Waals surface area contributed by atoms with E-state index in [0.717, 1.165) is 18.4 Å². The molecule has 0 aliphatic carbocycles. The fourth-order valence-electron chi connectivity index (χ4n) is 3.09. The van der Waals surface area contributed by atoms with Crippen LogP contribution in [0.1, 0.15) is 15.9 Å². The van der Waals surface area contributed by atoms with Crippen molar-refractivity contribution in [2.45, 2.75) is 4.90 Å². The molecule has 0 radical (unpaired) electrons. The Morgan fingerprint density at radius 1 is 0.897 bits per heavy atom. The molecular weight excluding hydrogens is 402 g/mol. The Hall–Kier alpha value is -3.26. The van der Waals surface area contributed by atoms with Gasteiger partial charge in [-0.2, -0.15) is 0 Å². The van der Waals surface area contributed by atoms with Crippen molar-refractivity contribution < 1.29 is 31.5 Å². The Morgan fingerprint density at radius 3 is 2.07 bits per heavy atom. The quantitative estimate of drug-likeness (QED) is 0.602. The van der Waals surface area contributed by atoms with Crippen molar-refractivity contribution in [2.75, 3.05) is 13.0 Å². The highest BCUT2D eigenvalue weighted by Gasteiger charge is 2.23. The van der Waals surface area contributed by atoms with Crippen LogP contribution in [0.15, 0.2) is 59.5 Å². The van der Waals surface area contributed by atoms with Gasteiger partial charge in [0, 0.05) is 23.4 Å². The molecule has 148 valence electrons. The summed E-state index contributed by atoms with van der Waals surface area (Å²) in [6, 6.07) is 11.6. The number of rotatable bonds is 4. The van der Waals surface area contributed by atoms with Gasteiger partial charge in [-0.3, -0.25) is 4.79 Å². The van der Waals surface area contributed by atoms with E-state index in [2.05, 4.69) is 0 Å². The summed E-state index contributed by atoms with van der Waals surface area (Å²) in [5, 5.41) is 0. The third-order valence-corrected chi connectivity index (χ3v) is 5.60. The highest BCUT2D eigenvalue weighted by Crippen LogP contribution is 2.39. The van der Waals surface area contributed by atoms with E-state index in [9.17, 15) is 22.0 Å². The zero-order chi connectivity index (χ0) is 20.8. The van der Waals surface area contributed by atoms with Crippen LogP contribution in [0.3, 0.4) is 0 Å². The predicted molar refractivity (Wildman–Crippen MR) is 101 cm³/mol. The summed E-state index contributed by atoms with van der Waals surface area (Å²) in [6.07, 6.45) is 1.09. The lowest BCUT2D eigenvalue weighted by atomic mass is 9.93. The Balaban J connectivity index is 1.87.